The molecule has 0 saturated carbocycles. The summed E-state index contributed by atoms with van der Waals surface area (Å²) in [5.74, 6) is 0.859. The van der Waals surface area contributed by atoms with Gasteiger partial charge in [-0.05, 0) is 24.7 Å². The van der Waals surface area contributed by atoms with Gasteiger partial charge in [-0.1, -0.05) is 12.1 Å². The van der Waals surface area contributed by atoms with Crippen LogP contribution in [0, 0.1) is 0 Å². The van der Waals surface area contributed by atoms with Crippen LogP contribution in [0.4, 0.5) is 0 Å². The van der Waals surface area contributed by atoms with Crippen LogP contribution in [0.15, 0.2) is 24.3 Å². The van der Waals surface area contributed by atoms with Crippen molar-refractivity contribution in [3.8, 4) is 5.75 Å². The summed E-state index contributed by atoms with van der Waals surface area (Å²) in [5, 5.41) is 13.1. The van der Waals surface area contributed by atoms with E-state index in [0.717, 1.165) is 18.8 Å². The number of hydrogen-bond acceptors (Lipinski definition) is 5. The summed E-state index contributed by atoms with van der Waals surface area (Å²) in [4.78, 5) is 2.09. The maximum atomic E-state index is 9.93. The fraction of sp³-hybridized carbons (Fsp3) is 0.600. The molecule has 2 N–H and O–H groups in total. The molecule has 0 aliphatic carbocycles. The number of ether oxygens (including phenoxy) is 2. The number of hydrogen-bond donors (Lipinski definition) is 2. The zero-order valence-corrected chi connectivity index (χ0v) is 12.6. The Kier molecular flexibility index (Phi) is 8.22. The van der Waals surface area contributed by atoms with Gasteiger partial charge in [0.25, 0.3) is 0 Å². The van der Waals surface area contributed by atoms with Crippen molar-refractivity contribution in [3.63, 3.8) is 0 Å². The molecule has 1 rings (SSSR count). The molecule has 20 heavy (non-hydrogen) atoms. The predicted octanol–water partition coefficient (Wildman–Crippen LogP) is 0.724. The Morgan fingerprint density at radius 3 is 2.85 bits per heavy atom. The number of benzene rings is 1. The standard InChI is InChI=1S/C15H26N2O3/c1-17(12-14(18)10-16-7-8-19-2)11-13-5-4-6-15(9-13)20-3/h4-6,9,14,16,18H,7-8,10-12H2,1-3H3. The second-order valence-electron chi connectivity index (χ2n) is 4.90. The Morgan fingerprint density at radius 2 is 2.15 bits per heavy atom. The number of nitrogens with zero attached hydrogens (tertiary/aromatic N) is 1. The molecule has 0 spiro atoms. The minimum atomic E-state index is -0.387. The molecule has 0 bridgehead atoms. The van der Waals surface area contributed by atoms with Crippen molar-refractivity contribution in [2.24, 2.45) is 0 Å². The highest BCUT2D eigenvalue weighted by Crippen LogP contribution is 2.13. The summed E-state index contributed by atoms with van der Waals surface area (Å²) >= 11 is 0. The third-order valence-electron chi connectivity index (χ3n) is 2.97. The topological polar surface area (TPSA) is 54.0 Å². The minimum absolute atomic E-state index is 0.387. The lowest BCUT2D eigenvalue weighted by Gasteiger charge is -2.21. The van der Waals surface area contributed by atoms with E-state index >= 15 is 0 Å². The van der Waals surface area contributed by atoms with E-state index in [0.29, 0.717) is 19.7 Å². The average molecular weight is 282 g/mol. The van der Waals surface area contributed by atoms with Crippen molar-refractivity contribution in [1.29, 1.82) is 0 Å². The molecule has 1 aromatic carbocycles. The van der Waals surface area contributed by atoms with E-state index in [1.54, 1.807) is 14.2 Å². The Hall–Kier alpha value is -1.14. The largest absolute Gasteiger partial charge is 0.497 e. The van der Waals surface area contributed by atoms with Crippen LogP contribution in [-0.2, 0) is 11.3 Å². The molecule has 1 atom stereocenters. The van der Waals surface area contributed by atoms with E-state index in [1.165, 1.54) is 5.56 Å². The van der Waals surface area contributed by atoms with E-state index in [9.17, 15) is 5.11 Å². The highest BCUT2D eigenvalue weighted by molar-refractivity contribution is 5.28. The first-order chi connectivity index (χ1) is 9.65. The van der Waals surface area contributed by atoms with E-state index in [2.05, 4.69) is 16.3 Å². The summed E-state index contributed by atoms with van der Waals surface area (Å²) in [6.45, 7) is 3.40. The lowest BCUT2D eigenvalue weighted by Crippen LogP contribution is -2.37. The second-order valence-corrected chi connectivity index (χ2v) is 4.90. The van der Waals surface area contributed by atoms with E-state index in [1.807, 2.05) is 25.2 Å². The molecule has 0 fully saturated rings. The van der Waals surface area contributed by atoms with Crippen LogP contribution < -0.4 is 10.1 Å². The van der Waals surface area contributed by atoms with Gasteiger partial charge in [-0.25, -0.2) is 0 Å². The maximum absolute atomic E-state index is 9.93. The Morgan fingerprint density at radius 1 is 1.35 bits per heavy atom. The smallest absolute Gasteiger partial charge is 0.119 e. The molecule has 0 aliphatic rings. The number of aliphatic hydroxyl groups is 1. The van der Waals surface area contributed by atoms with Crippen molar-refractivity contribution in [3.05, 3.63) is 29.8 Å². The lowest BCUT2D eigenvalue weighted by atomic mass is 10.2. The fourth-order valence-corrected chi connectivity index (χ4v) is 2.01. The van der Waals surface area contributed by atoms with Crippen LogP contribution in [0.5, 0.6) is 5.75 Å². The third kappa shape index (κ3) is 6.86. The maximum Gasteiger partial charge on any atom is 0.119 e. The average Bonchev–Trinajstić information content (AvgIpc) is 2.43. The molecule has 5 heteroatoms. The summed E-state index contributed by atoms with van der Waals surface area (Å²) in [5.41, 5.74) is 1.17. The molecule has 0 saturated heterocycles. The van der Waals surface area contributed by atoms with Gasteiger partial charge in [0, 0.05) is 33.3 Å². The SMILES string of the molecule is COCCNCC(O)CN(C)Cc1cccc(OC)c1. The first-order valence-electron chi connectivity index (χ1n) is 6.85. The van der Waals surface area contributed by atoms with Gasteiger partial charge in [0.15, 0.2) is 0 Å². The quantitative estimate of drug-likeness (QED) is 0.620. The van der Waals surface area contributed by atoms with Gasteiger partial charge >= 0.3 is 0 Å². The normalized spacial score (nSPS) is 12.7. The summed E-state index contributed by atoms with van der Waals surface area (Å²) in [6.07, 6.45) is -0.387. The molecular weight excluding hydrogens is 256 g/mol. The Balaban J connectivity index is 2.29. The third-order valence-corrected chi connectivity index (χ3v) is 2.97. The van der Waals surface area contributed by atoms with E-state index in [-0.39, 0.29) is 6.10 Å². The van der Waals surface area contributed by atoms with Gasteiger partial charge in [0.05, 0.1) is 19.8 Å². The molecule has 0 aromatic heterocycles. The molecular formula is C15H26N2O3. The number of likely N-dealkylation sites (N-methyl/N-ethyl adjacent to an activating group) is 1. The van der Waals surface area contributed by atoms with Crippen molar-refractivity contribution in [1.82, 2.24) is 10.2 Å². The number of rotatable bonds is 10. The van der Waals surface area contributed by atoms with Crippen molar-refractivity contribution in [2.45, 2.75) is 12.6 Å². The zero-order chi connectivity index (χ0) is 14.8. The van der Waals surface area contributed by atoms with Crippen LogP contribution >= 0.6 is 0 Å². The molecule has 0 amide bonds. The monoisotopic (exact) mass is 282 g/mol. The Labute approximate surface area is 121 Å². The van der Waals surface area contributed by atoms with Gasteiger partial charge in [-0.3, -0.25) is 4.90 Å². The van der Waals surface area contributed by atoms with Gasteiger partial charge in [-0.2, -0.15) is 0 Å². The number of nitrogens with one attached hydrogen (secondary N) is 1. The molecule has 0 heterocycles. The second kappa shape index (κ2) is 9.72. The zero-order valence-electron chi connectivity index (χ0n) is 12.6. The van der Waals surface area contributed by atoms with Crippen molar-refractivity contribution < 1.29 is 14.6 Å². The first-order valence-corrected chi connectivity index (χ1v) is 6.85. The summed E-state index contributed by atoms with van der Waals surface area (Å²) in [7, 11) is 5.33. The number of aliphatic hydroxyl groups excluding tert-OH is 1. The van der Waals surface area contributed by atoms with Gasteiger partial charge in [0.1, 0.15) is 5.75 Å². The van der Waals surface area contributed by atoms with E-state index < -0.39 is 0 Å². The Bertz CT molecular complexity index is 374. The minimum Gasteiger partial charge on any atom is -0.497 e. The molecule has 114 valence electrons. The molecule has 5 nitrogen and oxygen atoms in total. The van der Waals surface area contributed by atoms with Crippen LogP contribution in [0.2, 0.25) is 0 Å². The highest BCUT2D eigenvalue weighted by atomic mass is 16.5. The highest BCUT2D eigenvalue weighted by Gasteiger charge is 2.08. The summed E-state index contributed by atoms with van der Waals surface area (Å²) < 4.78 is 10.1. The van der Waals surface area contributed by atoms with Gasteiger partial charge in [-0.15, -0.1) is 0 Å². The number of methoxy groups -OCH3 is 2. The molecule has 0 aliphatic heterocycles. The molecule has 1 aromatic rings. The predicted molar refractivity (Wildman–Crippen MR) is 80.1 cm³/mol. The van der Waals surface area contributed by atoms with Crippen LogP contribution in [0.1, 0.15) is 5.56 Å². The van der Waals surface area contributed by atoms with Crippen molar-refractivity contribution in [2.75, 3.05) is 47.5 Å². The van der Waals surface area contributed by atoms with Gasteiger partial charge < -0.3 is 19.9 Å². The lowest BCUT2D eigenvalue weighted by molar-refractivity contribution is 0.117. The molecule has 0 radical (unpaired) electrons. The van der Waals surface area contributed by atoms with Crippen LogP contribution in [0.25, 0.3) is 0 Å². The van der Waals surface area contributed by atoms with Crippen molar-refractivity contribution >= 4 is 0 Å². The van der Waals surface area contributed by atoms with Gasteiger partial charge in [0.2, 0.25) is 0 Å². The summed E-state index contributed by atoms with van der Waals surface area (Å²) in [6, 6.07) is 7.98. The molecule has 1 unspecified atom stereocenters. The van der Waals surface area contributed by atoms with E-state index in [4.69, 9.17) is 9.47 Å². The first kappa shape index (κ1) is 16.9. The van der Waals surface area contributed by atoms with Crippen LogP contribution in [0.3, 0.4) is 0 Å². The fourth-order valence-electron chi connectivity index (χ4n) is 2.01. The van der Waals surface area contributed by atoms with Crippen LogP contribution in [-0.4, -0.2) is 63.6 Å².